The Kier molecular flexibility index (Phi) is 5.18. The summed E-state index contributed by atoms with van der Waals surface area (Å²) in [6, 6.07) is 19.5. The van der Waals surface area contributed by atoms with Crippen LogP contribution in [0.3, 0.4) is 0 Å². The molecule has 144 valence electrons. The third kappa shape index (κ3) is 3.31. The van der Waals surface area contributed by atoms with Gasteiger partial charge in [-0.15, -0.1) is 0 Å². The van der Waals surface area contributed by atoms with Crippen molar-refractivity contribution in [1.29, 1.82) is 0 Å². The number of rotatable bonds is 5. The van der Waals surface area contributed by atoms with E-state index >= 15 is 0 Å². The van der Waals surface area contributed by atoms with Crippen LogP contribution in [0, 0.1) is 0 Å². The Bertz CT molecular complexity index is 946. The molecule has 0 amide bonds. The molecular formula is C23H26N4S. The number of aromatic nitrogens is 2. The van der Waals surface area contributed by atoms with E-state index in [1.807, 2.05) is 18.3 Å². The molecule has 0 aliphatic carbocycles. The van der Waals surface area contributed by atoms with E-state index in [0.29, 0.717) is 6.04 Å². The molecular weight excluding hydrogens is 364 g/mol. The average molecular weight is 391 g/mol. The van der Waals surface area contributed by atoms with Crippen LogP contribution in [0.25, 0.3) is 0 Å². The van der Waals surface area contributed by atoms with Crippen LogP contribution in [0.5, 0.6) is 0 Å². The SMILES string of the molecule is CCc1ccc(N2C(=S)NC(c3ccccn3)C2c2cccn2C(C)C)cc1. The van der Waals surface area contributed by atoms with E-state index in [0.717, 1.165) is 22.9 Å². The molecule has 1 aromatic carbocycles. The lowest BCUT2D eigenvalue weighted by Crippen LogP contribution is -2.30. The van der Waals surface area contributed by atoms with E-state index in [1.165, 1.54) is 11.3 Å². The predicted molar refractivity (Wildman–Crippen MR) is 119 cm³/mol. The van der Waals surface area contributed by atoms with E-state index in [1.54, 1.807) is 0 Å². The third-order valence-electron chi connectivity index (χ3n) is 5.39. The summed E-state index contributed by atoms with van der Waals surface area (Å²) < 4.78 is 2.32. The van der Waals surface area contributed by atoms with Crippen molar-refractivity contribution in [2.45, 2.75) is 45.3 Å². The molecule has 0 saturated carbocycles. The van der Waals surface area contributed by atoms with Gasteiger partial charge in [0.15, 0.2) is 5.11 Å². The lowest BCUT2D eigenvalue weighted by molar-refractivity contribution is 0.497. The van der Waals surface area contributed by atoms with Crippen molar-refractivity contribution in [1.82, 2.24) is 14.9 Å². The first-order chi connectivity index (χ1) is 13.6. The number of anilines is 1. The maximum absolute atomic E-state index is 5.80. The second-order valence-electron chi connectivity index (χ2n) is 7.45. The summed E-state index contributed by atoms with van der Waals surface area (Å²) >= 11 is 5.80. The van der Waals surface area contributed by atoms with Crippen LogP contribution < -0.4 is 10.2 Å². The zero-order valence-corrected chi connectivity index (χ0v) is 17.4. The van der Waals surface area contributed by atoms with Gasteiger partial charge in [0.05, 0.1) is 11.7 Å². The number of nitrogens with one attached hydrogen (secondary N) is 1. The Hall–Kier alpha value is -2.66. The van der Waals surface area contributed by atoms with Crippen LogP contribution in [-0.4, -0.2) is 14.7 Å². The van der Waals surface area contributed by atoms with Crippen LogP contribution in [0.1, 0.15) is 55.8 Å². The van der Waals surface area contributed by atoms with Crippen molar-refractivity contribution >= 4 is 23.0 Å². The molecule has 2 unspecified atom stereocenters. The highest BCUT2D eigenvalue weighted by molar-refractivity contribution is 7.80. The van der Waals surface area contributed by atoms with Crippen molar-refractivity contribution in [3.05, 3.63) is 83.9 Å². The van der Waals surface area contributed by atoms with Gasteiger partial charge in [0.2, 0.25) is 0 Å². The van der Waals surface area contributed by atoms with Crippen molar-refractivity contribution in [3.63, 3.8) is 0 Å². The lowest BCUT2D eigenvalue weighted by Gasteiger charge is -2.30. The predicted octanol–water partition coefficient (Wildman–Crippen LogP) is 5.20. The minimum absolute atomic E-state index is 0.00745. The van der Waals surface area contributed by atoms with Crippen LogP contribution in [0.15, 0.2) is 67.0 Å². The Balaban J connectivity index is 1.83. The summed E-state index contributed by atoms with van der Waals surface area (Å²) in [4.78, 5) is 6.87. The molecule has 4 nitrogen and oxygen atoms in total. The van der Waals surface area contributed by atoms with E-state index in [4.69, 9.17) is 12.2 Å². The van der Waals surface area contributed by atoms with Crippen molar-refractivity contribution < 1.29 is 0 Å². The number of thiocarbonyl (C=S) groups is 1. The highest BCUT2D eigenvalue weighted by Crippen LogP contribution is 2.42. The standard InChI is InChI=1S/C23H26N4S/c1-4-17-10-12-18(13-11-17)27-22(20-9-7-15-26(20)16(2)3)21(25-23(27)28)19-8-5-6-14-24-19/h5-16,21-22H,4H2,1-3H3,(H,25,28). The smallest absolute Gasteiger partial charge is 0.174 e. The fraction of sp³-hybridized carbons (Fsp3) is 0.304. The molecule has 0 radical (unpaired) electrons. The highest BCUT2D eigenvalue weighted by atomic mass is 32.1. The fourth-order valence-electron chi connectivity index (χ4n) is 3.95. The van der Waals surface area contributed by atoms with Gasteiger partial charge in [-0.05, 0) is 74.4 Å². The minimum Gasteiger partial charge on any atom is -0.351 e. The summed E-state index contributed by atoms with van der Waals surface area (Å²) in [5.41, 5.74) is 4.66. The summed E-state index contributed by atoms with van der Waals surface area (Å²) in [6.07, 6.45) is 5.02. The number of aryl methyl sites for hydroxylation is 1. The average Bonchev–Trinajstić information content (AvgIpc) is 3.33. The lowest BCUT2D eigenvalue weighted by atomic mass is 10.0. The highest BCUT2D eigenvalue weighted by Gasteiger charge is 2.42. The third-order valence-corrected chi connectivity index (χ3v) is 5.71. The number of hydrogen-bond donors (Lipinski definition) is 1. The molecule has 5 heteroatoms. The van der Waals surface area contributed by atoms with E-state index < -0.39 is 0 Å². The Morgan fingerprint density at radius 1 is 1.07 bits per heavy atom. The maximum atomic E-state index is 5.80. The zero-order chi connectivity index (χ0) is 19.7. The maximum Gasteiger partial charge on any atom is 0.174 e. The molecule has 1 aliphatic rings. The van der Waals surface area contributed by atoms with E-state index in [9.17, 15) is 0 Å². The van der Waals surface area contributed by atoms with Crippen LogP contribution in [0.4, 0.5) is 5.69 Å². The molecule has 3 aromatic rings. The molecule has 1 N–H and O–H groups in total. The molecule has 2 atom stereocenters. The quantitative estimate of drug-likeness (QED) is 0.607. The van der Waals surface area contributed by atoms with Gasteiger partial charge in [-0.1, -0.05) is 25.1 Å². The van der Waals surface area contributed by atoms with Crippen LogP contribution >= 0.6 is 12.2 Å². The largest absolute Gasteiger partial charge is 0.351 e. The monoisotopic (exact) mass is 390 g/mol. The second-order valence-corrected chi connectivity index (χ2v) is 7.84. The molecule has 28 heavy (non-hydrogen) atoms. The first-order valence-electron chi connectivity index (χ1n) is 9.86. The summed E-state index contributed by atoms with van der Waals surface area (Å²) in [5, 5.41) is 4.27. The molecule has 4 rings (SSSR count). The van der Waals surface area contributed by atoms with Gasteiger partial charge >= 0.3 is 0 Å². The van der Waals surface area contributed by atoms with Gasteiger partial charge in [-0.3, -0.25) is 4.98 Å². The number of pyridine rings is 1. The van der Waals surface area contributed by atoms with Crippen molar-refractivity contribution in [2.24, 2.45) is 0 Å². The Labute approximate surface area is 172 Å². The Morgan fingerprint density at radius 3 is 2.50 bits per heavy atom. The summed E-state index contributed by atoms with van der Waals surface area (Å²) in [5.74, 6) is 0. The van der Waals surface area contributed by atoms with E-state index in [2.05, 4.69) is 89.2 Å². The van der Waals surface area contributed by atoms with Gasteiger partial charge < -0.3 is 14.8 Å². The minimum atomic E-state index is -0.00745. The van der Waals surface area contributed by atoms with Crippen molar-refractivity contribution in [3.8, 4) is 0 Å². The first-order valence-corrected chi connectivity index (χ1v) is 10.3. The molecule has 2 aromatic heterocycles. The molecule has 1 fully saturated rings. The molecule has 3 heterocycles. The van der Waals surface area contributed by atoms with Crippen molar-refractivity contribution in [2.75, 3.05) is 4.90 Å². The molecule has 1 saturated heterocycles. The second kappa shape index (κ2) is 7.76. The zero-order valence-electron chi connectivity index (χ0n) is 16.5. The molecule has 0 spiro atoms. The van der Waals surface area contributed by atoms with Gasteiger partial charge in [0, 0.05) is 29.8 Å². The first kappa shape index (κ1) is 18.7. The Morgan fingerprint density at radius 2 is 1.86 bits per heavy atom. The number of benzene rings is 1. The number of hydrogen-bond acceptors (Lipinski definition) is 2. The fourth-order valence-corrected chi connectivity index (χ4v) is 4.30. The van der Waals surface area contributed by atoms with Gasteiger partial charge in [-0.25, -0.2) is 0 Å². The normalized spacial score (nSPS) is 19.3. The van der Waals surface area contributed by atoms with Gasteiger partial charge in [-0.2, -0.15) is 0 Å². The van der Waals surface area contributed by atoms with Gasteiger partial charge in [0.1, 0.15) is 6.04 Å². The van der Waals surface area contributed by atoms with Crippen LogP contribution in [0.2, 0.25) is 0 Å². The topological polar surface area (TPSA) is 33.1 Å². The molecule has 0 bridgehead atoms. The van der Waals surface area contributed by atoms with E-state index in [-0.39, 0.29) is 12.1 Å². The number of nitrogens with zero attached hydrogens (tertiary/aromatic N) is 3. The summed E-state index contributed by atoms with van der Waals surface area (Å²) in [7, 11) is 0. The summed E-state index contributed by atoms with van der Waals surface area (Å²) in [6.45, 7) is 6.59. The molecule has 1 aliphatic heterocycles. The van der Waals surface area contributed by atoms with Crippen LogP contribution in [-0.2, 0) is 6.42 Å². The van der Waals surface area contributed by atoms with Gasteiger partial charge in [0.25, 0.3) is 0 Å².